The van der Waals surface area contributed by atoms with Gasteiger partial charge < -0.3 is 5.73 Å². The quantitative estimate of drug-likeness (QED) is 0.543. The first-order valence-corrected chi connectivity index (χ1v) is 4.82. The summed E-state index contributed by atoms with van der Waals surface area (Å²) in [5.41, 5.74) is 13.2. The van der Waals surface area contributed by atoms with Gasteiger partial charge in [0.1, 0.15) is 0 Å². The van der Waals surface area contributed by atoms with Crippen molar-refractivity contribution < 1.29 is 0 Å². The third-order valence-electron chi connectivity index (χ3n) is 2.55. The Morgan fingerprint density at radius 1 is 1.64 bits per heavy atom. The Morgan fingerprint density at radius 2 is 2.36 bits per heavy atom. The van der Waals surface area contributed by atoms with E-state index in [0.29, 0.717) is 5.92 Å². The molecule has 1 atom stereocenters. The van der Waals surface area contributed by atoms with Gasteiger partial charge in [-0.1, -0.05) is 5.21 Å². The Balaban J connectivity index is 1.90. The predicted octanol–water partition coefficient (Wildman–Crippen LogP) is -1.59. The Labute approximate surface area is 82.8 Å². The number of aromatic nitrogens is 3. The molecule has 0 amide bonds. The third kappa shape index (κ3) is 2.09. The summed E-state index contributed by atoms with van der Waals surface area (Å²) < 4.78 is 1.70. The van der Waals surface area contributed by atoms with Crippen LogP contribution in [0, 0.1) is 5.92 Å². The van der Waals surface area contributed by atoms with Crippen molar-refractivity contribution in [2.45, 2.75) is 12.5 Å². The van der Waals surface area contributed by atoms with Gasteiger partial charge in [0.25, 0.3) is 0 Å². The normalized spacial score (nSPS) is 20.1. The van der Waals surface area contributed by atoms with Crippen LogP contribution in [0.15, 0.2) is 6.20 Å². The van der Waals surface area contributed by atoms with Gasteiger partial charge in [0.2, 0.25) is 0 Å². The molecule has 0 aromatic carbocycles. The van der Waals surface area contributed by atoms with Gasteiger partial charge in [0.05, 0.1) is 5.69 Å². The average molecular weight is 196 g/mol. The molecule has 1 fully saturated rings. The molecule has 0 saturated carbocycles. The highest BCUT2D eigenvalue weighted by atomic mass is 15.4. The maximum absolute atomic E-state index is 6.06. The number of hydrogen-bond donors (Lipinski definition) is 3. The van der Waals surface area contributed by atoms with Crippen LogP contribution in [-0.2, 0) is 13.5 Å². The van der Waals surface area contributed by atoms with Gasteiger partial charge in [0, 0.05) is 44.7 Å². The molecule has 2 rings (SSSR count). The number of nitrogens with two attached hydrogens (primary N) is 1. The monoisotopic (exact) mass is 196 g/mol. The van der Waals surface area contributed by atoms with Crippen LogP contribution in [0.3, 0.4) is 0 Å². The second kappa shape index (κ2) is 4.04. The van der Waals surface area contributed by atoms with Crippen molar-refractivity contribution in [1.82, 2.24) is 25.8 Å². The van der Waals surface area contributed by atoms with Crippen LogP contribution in [0.1, 0.15) is 5.69 Å². The van der Waals surface area contributed by atoms with E-state index in [1.54, 1.807) is 4.68 Å². The Morgan fingerprint density at radius 3 is 2.93 bits per heavy atom. The van der Waals surface area contributed by atoms with Gasteiger partial charge in [0.15, 0.2) is 0 Å². The van der Waals surface area contributed by atoms with Gasteiger partial charge in [-0.15, -0.1) is 5.10 Å². The first kappa shape index (κ1) is 9.57. The maximum Gasteiger partial charge on any atom is 0.0842 e. The zero-order valence-corrected chi connectivity index (χ0v) is 8.27. The summed E-state index contributed by atoms with van der Waals surface area (Å²) in [5, 5.41) is 7.90. The summed E-state index contributed by atoms with van der Waals surface area (Å²) in [6.07, 6.45) is 2.71. The second-order valence-corrected chi connectivity index (χ2v) is 3.77. The van der Waals surface area contributed by atoms with Crippen LogP contribution in [0.25, 0.3) is 0 Å². The van der Waals surface area contributed by atoms with E-state index in [0.717, 1.165) is 25.2 Å². The van der Waals surface area contributed by atoms with Gasteiger partial charge in [-0.25, -0.2) is 0 Å². The smallest absolute Gasteiger partial charge is 0.0842 e. The van der Waals surface area contributed by atoms with Crippen molar-refractivity contribution in [2.24, 2.45) is 18.7 Å². The maximum atomic E-state index is 6.06. The van der Waals surface area contributed by atoms with E-state index in [4.69, 9.17) is 5.73 Å². The Bertz CT molecular complexity index is 290. The van der Waals surface area contributed by atoms with Crippen LogP contribution < -0.4 is 16.6 Å². The minimum absolute atomic E-state index is 0.147. The van der Waals surface area contributed by atoms with Crippen molar-refractivity contribution >= 4 is 0 Å². The molecule has 1 unspecified atom stereocenters. The average Bonchev–Trinajstić information content (AvgIpc) is 2.75. The van der Waals surface area contributed by atoms with Gasteiger partial charge in [-0.2, -0.15) is 0 Å². The molecule has 78 valence electrons. The Kier molecular flexibility index (Phi) is 2.76. The second-order valence-electron chi connectivity index (χ2n) is 3.77. The van der Waals surface area contributed by atoms with E-state index in [2.05, 4.69) is 21.2 Å². The lowest BCUT2D eigenvalue weighted by Crippen LogP contribution is -2.35. The van der Waals surface area contributed by atoms with Crippen molar-refractivity contribution in [3.63, 3.8) is 0 Å². The van der Waals surface area contributed by atoms with Crippen molar-refractivity contribution in [2.75, 3.05) is 13.1 Å². The molecule has 1 aromatic rings. The topological polar surface area (TPSA) is 80.8 Å². The fourth-order valence-corrected chi connectivity index (χ4v) is 1.68. The molecule has 2 heterocycles. The van der Waals surface area contributed by atoms with E-state index in [9.17, 15) is 0 Å². The molecule has 0 radical (unpaired) electrons. The van der Waals surface area contributed by atoms with E-state index in [-0.39, 0.29) is 6.04 Å². The highest BCUT2D eigenvalue weighted by Crippen LogP contribution is 2.07. The lowest BCUT2D eigenvalue weighted by Gasteiger charge is -2.15. The van der Waals surface area contributed by atoms with Crippen LogP contribution in [-0.4, -0.2) is 34.1 Å². The molecule has 0 bridgehead atoms. The lowest BCUT2D eigenvalue weighted by molar-refractivity contribution is 0.466. The van der Waals surface area contributed by atoms with Crippen LogP contribution in [0.2, 0.25) is 0 Å². The van der Waals surface area contributed by atoms with Crippen molar-refractivity contribution in [1.29, 1.82) is 0 Å². The molecule has 1 aliphatic rings. The van der Waals surface area contributed by atoms with Crippen LogP contribution in [0.5, 0.6) is 0 Å². The first-order valence-electron chi connectivity index (χ1n) is 4.82. The lowest BCUT2D eigenvalue weighted by atomic mass is 9.98. The first-order chi connectivity index (χ1) is 6.75. The van der Waals surface area contributed by atoms with Gasteiger partial charge in [-0.3, -0.25) is 15.5 Å². The summed E-state index contributed by atoms with van der Waals surface area (Å²) in [6, 6.07) is 0.147. The van der Waals surface area contributed by atoms with Gasteiger partial charge >= 0.3 is 0 Å². The highest BCUT2D eigenvalue weighted by Gasteiger charge is 2.22. The number of rotatable bonds is 3. The van der Waals surface area contributed by atoms with Crippen molar-refractivity contribution in [3.05, 3.63) is 11.9 Å². The number of nitrogens with zero attached hydrogens (tertiary/aromatic N) is 3. The van der Waals surface area contributed by atoms with Crippen LogP contribution in [0.4, 0.5) is 0 Å². The SMILES string of the molecule is Cn1cc(CC(N)C2CNNC2)nn1. The fraction of sp³-hybridized carbons (Fsp3) is 0.750. The zero-order chi connectivity index (χ0) is 9.97. The fourth-order valence-electron chi connectivity index (χ4n) is 1.68. The molecule has 1 saturated heterocycles. The minimum Gasteiger partial charge on any atom is -0.327 e. The number of hydrazine groups is 1. The number of hydrogen-bond acceptors (Lipinski definition) is 5. The standard InChI is InChI=1S/C8H16N6/c1-14-5-7(12-13-14)2-8(9)6-3-10-11-4-6/h5-6,8,10-11H,2-4,9H2,1H3. The largest absolute Gasteiger partial charge is 0.327 e. The Hall–Kier alpha value is -0.980. The molecule has 0 aliphatic carbocycles. The number of nitrogens with one attached hydrogen (secondary N) is 2. The molecule has 0 spiro atoms. The van der Waals surface area contributed by atoms with Crippen molar-refractivity contribution in [3.8, 4) is 0 Å². The van der Waals surface area contributed by atoms with E-state index < -0.39 is 0 Å². The summed E-state index contributed by atoms with van der Waals surface area (Å²) in [7, 11) is 1.86. The van der Waals surface area contributed by atoms with E-state index in [1.165, 1.54) is 0 Å². The summed E-state index contributed by atoms with van der Waals surface area (Å²) in [5.74, 6) is 0.483. The predicted molar refractivity (Wildman–Crippen MR) is 52.2 cm³/mol. The molecule has 1 aliphatic heterocycles. The third-order valence-corrected chi connectivity index (χ3v) is 2.55. The molecule has 4 N–H and O–H groups in total. The van der Waals surface area contributed by atoms with E-state index in [1.807, 2.05) is 13.2 Å². The minimum atomic E-state index is 0.147. The van der Waals surface area contributed by atoms with E-state index >= 15 is 0 Å². The molecule has 6 heteroatoms. The highest BCUT2D eigenvalue weighted by molar-refractivity contribution is 4.97. The van der Waals surface area contributed by atoms with Crippen LogP contribution >= 0.6 is 0 Å². The molecular formula is C8H16N6. The number of aryl methyl sites for hydroxylation is 1. The summed E-state index contributed by atoms with van der Waals surface area (Å²) in [6.45, 7) is 1.86. The molecule has 6 nitrogen and oxygen atoms in total. The zero-order valence-electron chi connectivity index (χ0n) is 8.27. The summed E-state index contributed by atoms with van der Waals surface area (Å²) >= 11 is 0. The summed E-state index contributed by atoms with van der Waals surface area (Å²) in [4.78, 5) is 0. The molecule has 1 aromatic heterocycles. The van der Waals surface area contributed by atoms with Gasteiger partial charge in [-0.05, 0) is 0 Å². The molecule has 14 heavy (non-hydrogen) atoms. The molecular weight excluding hydrogens is 180 g/mol.